The Hall–Kier alpha value is -2.66. The quantitative estimate of drug-likeness (QED) is 0.648. The molecule has 0 aliphatic carbocycles. The van der Waals surface area contributed by atoms with Crippen molar-refractivity contribution in [2.75, 3.05) is 23.3 Å². The molecule has 5 heteroatoms. The van der Waals surface area contributed by atoms with Crippen molar-refractivity contribution in [2.24, 2.45) is 5.92 Å². The predicted molar refractivity (Wildman–Crippen MR) is 117 cm³/mol. The first-order valence-corrected chi connectivity index (χ1v) is 10.7. The van der Waals surface area contributed by atoms with Gasteiger partial charge in [-0.3, -0.25) is 4.79 Å². The molecule has 0 saturated carbocycles. The smallest absolute Gasteiger partial charge is 0.229 e. The molecule has 1 aliphatic heterocycles. The van der Waals surface area contributed by atoms with Crippen molar-refractivity contribution in [3.8, 4) is 11.3 Å². The molecule has 1 saturated heterocycles. The summed E-state index contributed by atoms with van der Waals surface area (Å²) < 4.78 is 0. The van der Waals surface area contributed by atoms with Crippen molar-refractivity contribution in [1.82, 2.24) is 4.98 Å². The van der Waals surface area contributed by atoms with Crippen molar-refractivity contribution in [1.29, 1.82) is 0 Å². The maximum atomic E-state index is 12.8. The summed E-state index contributed by atoms with van der Waals surface area (Å²) in [5, 5.41) is 3.80. The van der Waals surface area contributed by atoms with E-state index in [-0.39, 0.29) is 11.8 Å². The molecule has 0 spiro atoms. The molecular formula is C23H25N3OS. The van der Waals surface area contributed by atoms with Crippen molar-refractivity contribution >= 4 is 28.1 Å². The SMILES string of the molecule is CCc1sc(NC(=O)C2CCN(c3ccccc3)CC2)nc1-c1ccccc1. The van der Waals surface area contributed by atoms with Gasteiger partial charge < -0.3 is 10.2 Å². The van der Waals surface area contributed by atoms with Crippen molar-refractivity contribution in [2.45, 2.75) is 26.2 Å². The maximum Gasteiger partial charge on any atom is 0.229 e. The van der Waals surface area contributed by atoms with E-state index in [2.05, 4.69) is 53.5 Å². The normalized spacial score (nSPS) is 14.8. The first-order chi connectivity index (χ1) is 13.7. The van der Waals surface area contributed by atoms with Crippen LogP contribution in [0.25, 0.3) is 11.3 Å². The third-order valence-corrected chi connectivity index (χ3v) is 6.40. The number of anilines is 2. The number of aryl methyl sites for hydroxylation is 1. The van der Waals surface area contributed by atoms with Gasteiger partial charge in [0.25, 0.3) is 0 Å². The molecule has 1 N–H and O–H groups in total. The first-order valence-electron chi connectivity index (χ1n) is 9.90. The number of thiazole rings is 1. The van der Waals surface area contributed by atoms with Crippen molar-refractivity contribution in [3.05, 3.63) is 65.5 Å². The molecule has 28 heavy (non-hydrogen) atoms. The van der Waals surface area contributed by atoms with E-state index in [1.807, 2.05) is 24.3 Å². The van der Waals surface area contributed by atoms with Crippen LogP contribution in [0.3, 0.4) is 0 Å². The topological polar surface area (TPSA) is 45.2 Å². The number of hydrogen-bond donors (Lipinski definition) is 1. The predicted octanol–water partition coefficient (Wildman–Crippen LogP) is 5.23. The fourth-order valence-corrected chi connectivity index (χ4v) is 4.64. The number of rotatable bonds is 5. The van der Waals surface area contributed by atoms with Gasteiger partial charge in [0.2, 0.25) is 5.91 Å². The molecule has 0 atom stereocenters. The van der Waals surface area contributed by atoms with Gasteiger partial charge in [0.05, 0.1) is 5.69 Å². The Morgan fingerprint density at radius 1 is 1.07 bits per heavy atom. The van der Waals surface area contributed by atoms with Crippen molar-refractivity contribution in [3.63, 3.8) is 0 Å². The van der Waals surface area contributed by atoms with E-state index >= 15 is 0 Å². The number of benzene rings is 2. The minimum absolute atomic E-state index is 0.0501. The number of nitrogens with one attached hydrogen (secondary N) is 1. The highest BCUT2D eigenvalue weighted by Gasteiger charge is 2.26. The molecule has 144 valence electrons. The lowest BCUT2D eigenvalue weighted by Gasteiger charge is -2.32. The van der Waals surface area contributed by atoms with Crippen LogP contribution >= 0.6 is 11.3 Å². The second-order valence-corrected chi connectivity index (χ2v) is 8.18. The van der Waals surface area contributed by atoms with Gasteiger partial charge in [-0.05, 0) is 31.4 Å². The van der Waals surface area contributed by atoms with E-state index in [1.165, 1.54) is 10.6 Å². The van der Waals surface area contributed by atoms with Crippen LogP contribution < -0.4 is 10.2 Å². The zero-order valence-corrected chi connectivity index (χ0v) is 16.9. The molecule has 1 fully saturated rings. The highest BCUT2D eigenvalue weighted by Crippen LogP contribution is 2.32. The number of carbonyl (C=O) groups is 1. The van der Waals surface area contributed by atoms with Gasteiger partial charge in [0.15, 0.2) is 5.13 Å². The largest absolute Gasteiger partial charge is 0.371 e. The Balaban J connectivity index is 1.40. The Labute approximate surface area is 170 Å². The summed E-state index contributed by atoms with van der Waals surface area (Å²) in [6.45, 7) is 3.95. The van der Waals surface area contributed by atoms with Crippen molar-refractivity contribution < 1.29 is 4.79 Å². The average molecular weight is 392 g/mol. The monoisotopic (exact) mass is 391 g/mol. The summed E-state index contributed by atoms with van der Waals surface area (Å²) in [5.74, 6) is 0.151. The maximum absolute atomic E-state index is 12.8. The second kappa shape index (κ2) is 8.57. The first kappa shape index (κ1) is 18.7. The number of nitrogens with zero attached hydrogens (tertiary/aromatic N) is 2. The Morgan fingerprint density at radius 3 is 2.36 bits per heavy atom. The highest BCUT2D eigenvalue weighted by atomic mass is 32.1. The van der Waals surface area contributed by atoms with Crippen LogP contribution in [0.15, 0.2) is 60.7 Å². The number of carbonyl (C=O) groups excluding carboxylic acids is 1. The standard InChI is InChI=1S/C23H25N3OS/c1-2-20-21(17-9-5-3-6-10-17)24-23(28-20)25-22(27)18-13-15-26(16-14-18)19-11-7-4-8-12-19/h3-12,18H,2,13-16H2,1H3,(H,24,25,27). The molecule has 1 aromatic heterocycles. The molecule has 2 heterocycles. The zero-order valence-electron chi connectivity index (χ0n) is 16.1. The Bertz CT molecular complexity index is 916. The lowest BCUT2D eigenvalue weighted by molar-refractivity contribution is -0.120. The fourth-order valence-electron chi connectivity index (χ4n) is 3.71. The third-order valence-electron chi connectivity index (χ3n) is 5.28. The van der Waals surface area contributed by atoms with Crippen LogP contribution in [0.1, 0.15) is 24.6 Å². The Morgan fingerprint density at radius 2 is 1.71 bits per heavy atom. The van der Waals surface area contributed by atoms with Gasteiger partial charge in [-0.2, -0.15) is 0 Å². The molecule has 3 aromatic rings. The number of amides is 1. The lowest BCUT2D eigenvalue weighted by Crippen LogP contribution is -2.38. The Kier molecular flexibility index (Phi) is 5.72. The molecular weight excluding hydrogens is 366 g/mol. The van der Waals surface area contributed by atoms with E-state index < -0.39 is 0 Å². The van der Waals surface area contributed by atoms with E-state index in [9.17, 15) is 4.79 Å². The zero-order chi connectivity index (χ0) is 19.3. The third kappa shape index (κ3) is 4.09. The minimum Gasteiger partial charge on any atom is -0.371 e. The van der Waals surface area contributed by atoms with Gasteiger partial charge in [0, 0.05) is 35.1 Å². The van der Waals surface area contributed by atoms with Crippen LogP contribution in [0.2, 0.25) is 0 Å². The fraction of sp³-hybridized carbons (Fsp3) is 0.304. The molecule has 1 aliphatic rings. The average Bonchev–Trinajstić information content (AvgIpc) is 3.18. The molecule has 1 amide bonds. The van der Waals surface area contributed by atoms with E-state index in [0.29, 0.717) is 5.13 Å². The lowest BCUT2D eigenvalue weighted by atomic mass is 9.95. The summed E-state index contributed by atoms with van der Waals surface area (Å²) in [4.78, 5) is 21.1. The molecule has 2 aromatic carbocycles. The summed E-state index contributed by atoms with van der Waals surface area (Å²) in [6, 6.07) is 20.6. The van der Waals surface area contributed by atoms with Gasteiger partial charge in [-0.25, -0.2) is 4.98 Å². The molecule has 0 bridgehead atoms. The van der Waals surface area contributed by atoms with Crippen LogP contribution in [0.4, 0.5) is 10.8 Å². The van der Waals surface area contributed by atoms with Gasteiger partial charge >= 0.3 is 0 Å². The molecule has 0 radical (unpaired) electrons. The summed E-state index contributed by atoms with van der Waals surface area (Å²) >= 11 is 1.59. The minimum atomic E-state index is 0.0501. The van der Waals surface area contributed by atoms with Gasteiger partial charge in [0.1, 0.15) is 0 Å². The van der Waals surface area contributed by atoms with Gasteiger partial charge in [-0.15, -0.1) is 11.3 Å². The molecule has 0 unspecified atom stereocenters. The second-order valence-electron chi connectivity index (χ2n) is 7.10. The number of piperidine rings is 1. The van der Waals surface area contributed by atoms with Crippen LogP contribution in [0, 0.1) is 5.92 Å². The molecule has 4 rings (SSSR count). The van der Waals surface area contributed by atoms with E-state index in [0.717, 1.165) is 43.6 Å². The number of aromatic nitrogens is 1. The van der Waals surface area contributed by atoms with E-state index in [4.69, 9.17) is 4.98 Å². The number of hydrogen-bond acceptors (Lipinski definition) is 4. The molecule has 4 nitrogen and oxygen atoms in total. The van der Waals surface area contributed by atoms with Crippen LogP contribution in [-0.4, -0.2) is 24.0 Å². The summed E-state index contributed by atoms with van der Waals surface area (Å²) in [7, 11) is 0. The van der Waals surface area contributed by atoms with E-state index in [1.54, 1.807) is 11.3 Å². The van der Waals surface area contributed by atoms with Crippen LogP contribution in [0.5, 0.6) is 0 Å². The summed E-state index contributed by atoms with van der Waals surface area (Å²) in [5.41, 5.74) is 3.33. The highest BCUT2D eigenvalue weighted by molar-refractivity contribution is 7.16. The van der Waals surface area contributed by atoms with Gasteiger partial charge in [-0.1, -0.05) is 55.5 Å². The number of para-hydroxylation sites is 1. The van der Waals surface area contributed by atoms with Crippen LogP contribution in [-0.2, 0) is 11.2 Å². The summed E-state index contributed by atoms with van der Waals surface area (Å²) in [6.07, 6.45) is 2.66.